The second kappa shape index (κ2) is 6.54. The molecule has 3 aromatic rings. The number of H-pyrrole nitrogens is 1. The lowest BCUT2D eigenvalue weighted by atomic mass is 10.1. The maximum absolute atomic E-state index is 12.4. The van der Waals surface area contributed by atoms with Crippen LogP contribution in [0.3, 0.4) is 0 Å². The van der Waals surface area contributed by atoms with Crippen LogP contribution in [0.15, 0.2) is 64.2 Å². The van der Waals surface area contributed by atoms with Gasteiger partial charge in [0, 0.05) is 0 Å². The van der Waals surface area contributed by atoms with Gasteiger partial charge in [0.05, 0.1) is 16.9 Å². The molecule has 1 amide bonds. The summed E-state index contributed by atoms with van der Waals surface area (Å²) in [5, 5.41) is 3.17. The minimum Gasteiger partial charge on any atom is -0.348 e. The lowest BCUT2D eigenvalue weighted by Gasteiger charge is -2.14. The number of para-hydroxylation sites is 1. The molecule has 1 atom stereocenters. The van der Waals surface area contributed by atoms with E-state index in [2.05, 4.69) is 10.3 Å². The van der Waals surface area contributed by atoms with Gasteiger partial charge in [0.1, 0.15) is 6.54 Å². The van der Waals surface area contributed by atoms with Crippen LogP contribution in [0, 0.1) is 0 Å². The normalized spacial score (nSPS) is 12.0. The first-order chi connectivity index (χ1) is 11.6. The molecule has 1 heterocycles. The van der Waals surface area contributed by atoms with Crippen LogP contribution in [0.1, 0.15) is 18.5 Å². The Bertz CT molecular complexity index is 990. The van der Waals surface area contributed by atoms with E-state index >= 15 is 0 Å². The number of hydrogen-bond donors (Lipinski definition) is 2. The molecule has 6 nitrogen and oxygen atoms in total. The third kappa shape index (κ3) is 3.12. The summed E-state index contributed by atoms with van der Waals surface area (Å²) in [6.45, 7) is 1.52. The number of amides is 1. The number of benzene rings is 2. The summed E-state index contributed by atoms with van der Waals surface area (Å²) < 4.78 is 0.912. The molecule has 0 bridgehead atoms. The van der Waals surface area contributed by atoms with Crippen LogP contribution in [0.25, 0.3) is 10.9 Å². The molecule has 0 saturated carbocycles. The Labute approximate surface area is 137 Å². The smallest absolute Gasteiger partial charge is 0.329 e. The fourth-order valence-corrected chi connectivity index (χ4v) is 2.60. The average Bonchev–Trinajstić information content (AvgIpc) is 2.59. The van der Waals surface area contributed by atoms with E-state index < -0.39 is 17.2 Å². The van der Waals surface area contributed by atoms with E-state index in [0.29, 0.717) is 10.9 Å². The van der Waals surface area contributed by atoms with Crippen molar-refractivity contribution in [3.63, 3.8) is 0 Å². The van der Waals surface area contributed by atoms with Crippen LogP contribution in [-0.4, -0.2) is 15.5 Å². The van der Waals surface area contributed by atoms with E-state index in [1.807, 2.05) is 37.3 Å². The number of nitrogens with one attached hydrogen (secondary N) is 2. The number of hydrogen-bond acceptors (Lipinski definition) is 3. The maximum atomic E-state index is 12.4. The lowest BCUT2D eigenvalue weighted by Crippen LogP contribution is -2.41. The van der Waals surface area contributed by atoms with E-state index in [9.17, 15) is 14.4 Å². The van der Waals surface area contributed by atoms with E-state index in [0.717, 1.165) is 10.1 Å². The van der Waals surface area contributed by atoms with Gasteiger partial charge in [0.2, 0.25) is 5.91 Å². The first-order valence-corrected chi connectivity index (χ1v) is 7.62. The van der Waals surface area contributed by atoms with Gasteiger partial charge >= 0.3 is 5.69 Å². The molecule has 122 valence electrons. The van der Waals surface area contributed by atoms with Gasteiger partial charge in [-0.3, -0.25) is 14.2 Å². The molecule has 2 N–H and O–H groups in total. The van der Waals surface area contributed by atoms with Gasteiger partial charge < -0.3 is 10.3 Å². The molecule has 1 aromatic heterocycles. The zero-order valence-electron chi connectivity index (χ0n) is 13.2. The molecular formula is C18H17N3O3. The topological polar surface area (TPSA) is 84.0 Å². The van der Waals surface area contributed by atoms with Crippen LogP contribution in [0.4, 0.5) is 0 Å². The SMILES string of the molecule is C[C@@H](NC(=O)Cn1c(=O)[nH]c2ccccc2c1=O)c1ccccc1. The number of carbonyl (C=O) groups is 1. The van der Waals surface area contributed by atoms with Crippen molar-refractivity contribution in [1.29, 1.82) is 0 Å². The first kappa shape index (κ1) is 15.7. The Balaban J connectivity index is 1.83. The molecule has 0 spiro atoms. The van der Waals surface area contributed by atoms with Gasteiger partial charge in [-0.05, 0) is 24.6 Å². The van der Waals surface area contributed by atoms with Gasteiger partial charge in [-0.15, -0.1) is 0 Å². The Morgan fingerprint density at radius 3 is 2.50 bits per heavy atom. The summed E-state index contributed by atoms with van der Waals surface area (Å²) in [6, 6.07) is 16.0. The Morgan fingerprint density at radius 1 is 1.08 bits per heavy atom. The predicted molar refractivity (Wildman–Crippen MR) is 91.8 cm³/mol. The largest absolute Gasteiger partial charge is 0.348 e. The number of nitrogens with zero attached hydrogens (tertiary/aromatic N) is 1. The van der Waals surface area contributed by atoms with Crippen molar-refractivity contribution in [1.82, 2.24) is 14.9 Å². The van der Waals surface area contributed by atoms with Crippen molar-refractivity contribution in [2.24, 2.45) is 0 Å². The van der Waals surface area contributed by atoms with E-state index in [1.54, 1.807) is 24.3 Å². The molecule has 0 saturated heterocycles. The fourth-order valence-electron chi connectivity index (χ4n) is 2.60. The minimum absolute atomic E-state index is 0.214. The average molecular weight is 323 g/mol. The van der Waals surface area contributed by atoms with Gasteiger partial charge in [-0.1, -0.05) is 42.5 Å². The molecule has 3 rings (SSSR count). The van der Waals surface area contributed by atoms with Crippen molar-refractivity contribution in [2.75, 3.05) is 0 Å². The summed E-state index contributed by atoms with van der Waals surface area (Å²) in [4.78, 5) is 39.3. The Hall–Kier alpha value is -3.15. The molecule has 0 aliphatic carbocycles. The molecule has 0 aliphatic heterocycles. The second-order valence-corrected chi connectivity index (χ2v) is 5.57. The highest BCUT2D eigenvalue weighted by molar-refractivity contribution is 5.79. The lowest BCUT2D eigenvalue weighted by molar-refractivity contribution is -0.122. The van der Waals surface area contributed by atoms with Gasteiger partial charge in [0.15, 0.2) is 0 Å². The zero-order valence-corrected chi connectivity index (χ0v) is 13.2. The molecule has 2 aromatic carbocycles. The molecule has 0 unspecified atom stereocenters. The number of fused-ring (bicyclic) bond motifs is 1. The number of aromatic nitrogens is 2. The Kier molecular flexibility index (Phi) is 4.29. The molecule has 24 heavy (non-hydrogen) atoms. The van der Waals surface area contributed by atoms with Crippen molar-refractivity contribution < 1.29 is 4.79 Å². The highest BCUT2D eigenvalue weighted by atomic mass is 16.2. The van der Waals surface area contributed by atoms with Crippen LogP contribution in [0.5, 0.6) is 0 Å². The number of carbonyl (C=O) groups excluding carboxylic acids is 1. The van der Waals surface area contributed by atoms with Gasteiger partial charge in [-0.2, -0.15) is 0 Å². The molecule has 0 fully saturated rings. The second-order valence-electron chi connectivity index (χ2n) is 5.57. The molecule has 6 heteroatoms. The van der Waals surface area contributed by atoms with E-state index in [4.69, 9.17) is 0 Å². The van der Waals surface area contributed by atoms with Crippen LogP contribution < -0.4 is 16.6 Å². The monoisotopic (exact) mass is 323 g/mol. The third-order valence-electron chi connectivity index (χ3n) is 3.87. The highest BCUT2D eigenvalue weighted by Crippen LogP contribution is 2.10. The quantitative estimate of drug-likeness (QED) is 0.764. The minimum atomic E-state index is -0.596. The summed E-state index contributed by atoms with van der Waals surface area (Å²) in [5.41, 5.74) is 0.338. The Morgan fingerprint density at radius 2 is 1.75 bits per heavy atom. The number of rotatable bonds is 4. The predicted octanol–water partition coefficient (Wildman–Crippen LogP) is 1.57. The first-order valence-electron chi connectivity index (χ1n) is 7.62. The summed E-state index contributed by atoms with van der Waals surface area (Å²) >= 11 is 0. The molecule has 0 aliphatic rings. The molecular weight excluding hydrogens is 306 g/mol. The van der Waals surface area contributed by atoms with Gasteiger partial charge in [-0.25, -0.2) is 4.79 Å². The van der Waals surface area contributed by atoms with Crippen molar-refractivity contribution in [2.45, 2.75) is 19.5 Å². The summed E-state index contributed by atoms with van der Waals surface area (Å²) in [5.74, 6) is -0.394. The van der Waals surface area contributed by atoms with Crippen LogP contribution in [0.2, 0.25) is 0 Å². The van der Waals surface area contributed by atoms with Crippen LogP contribution in [-0.2, 0) is 11.3 Å². The van der Waals surface area contributed by atoms with E-state index in [-0.39, 0.29) is 12.6 Å². The molecule has 0 radical (unpaired) electrons. The van der Waals surface area contributed by atoms with Crippen molar-refractivity contribution in [3.8, 4) is 0 Å². The number of aromatic amines is 1. The summed E-state index contributed by atoms with van der Waals surface area (Å²) in [7, 11) is 0. The van der Waals surface area contributed by atoms with Crippen molar-refractivity contribution >= 4 is 16.8 Å². The third-order valence-corrected chi connectivity index (χ3v) is 3.87. The van der Waals surface area contributed by atoms with Gasteiger partial charge in [0.25, 0.3) is 5.56 Å². The fraction of sp³-hybridized carbons (Fsp3) is 0.167. The van der Waals surface area contributed by atoms with Crippen molar-refractivity contribution in [3.05, 3.63) is 81.0 Å². The standard InChI is InChI=1S/C18H17N3O3/c1-12(13-7-3-2-4-8-13)19-16(22)11-21-17(23)14-9-5-6-10-15(14)20-18(21)24/h2-10,12H,11H2,1H3,(H,19,22)(H,20,24)/t12-/m1/s1. The summed E-state index contributed by atoms with van der Waals surface area (Å²) in [6.07, 6.45) is 0. The van der Waals surface area contributed by atoms with E-state index in [1.165, 1.54) is 0 Å². The zero-order chi connectivity index (χ0) is 17.1. The maximum Gasteiger partial charge on any atom is 0.329 e. The van der Waals surface area contributed by atoms with Crippen LogP contribution >= 0.6 is 0 Å². The highest BCUT2D eigenvalue weighted by Gasteiger charge is 2.13.